The average Bonchev–Trinajstić information content (AvgIpc) is 2.57. The molecule has 0 radical (unpaired) electrons. The fourth-order valence-corrected chi connectivity index (χ4v) is 3.16. The summed E-state index contributed by atoms with van der Waals surface area (Å²) < 4.78 is 9.63. The highest BCUT2D eigenvalue weighted by Crippen LogP contribution is 2.59. The van der Waals surface area contributed by atoms with Crippen LogP contribution in [-0.4, -0.2) is 37.9 Å². The Morgan fingerprint density at radius 3 is 1.94 bits per heavy atom. The van der Waals surface area contributed by atoms with Gasteiger partial charge in [-0.25, -0.2) is 0 Å². The fraction of sp³-hybridized carbons (Fsp3) is 0.846. The van der Waals surface area contributed by atoms with Crippen molar-refractivity contribution in [2.45, 2.75) is 27.2 Å². The van der Waals surface area contributed by atoms with Gasteiger partial charge in [-0.05, 0) is 23.7 Å². The lowest BCUT2D eigenvalue weighted by Gasteiger charge is -2.38. The Bertz CT molecular complexity index is 331. The number of carbonyl (C=O) groups excluding carboxylic acids is 2. The fourth-order valence-electron chi connectivity index (χ4n) is 3.16. The highest BCUT2D eigenvalue weighted by Gasteiger charge is 2.67. The molecular formula is C13H22O5. The second-order valence-electron chi connectivity index (χ2n) is 5.55. The molecule has 1 rings (SSSR count). The monoisotopic (exact) mass is 258 g/mol. The summed E-state index contributed by atoms with van der Waals surface area (Å²) in [6.45, 7) is 5.58. The van der Waals surface area contributed by atoms with E-state index >= 15 is 0 Å². The third kappa shape index (κ3) is 1.72. The second kappa shape index (κ2) is 4.88. The molecule has 0 aromatic heterocycles. The summed E-state index contributed by atoms with van der Waals surface area (Å²) in [5.74, 6) is -1.26. The molecule has 1 aliphatic carbocycles. The Kier molecular flexibility index (Phi) is 4.05. The van der Waals surface area contributed by atoms with Crippen molar-refractivity contribution in [1.29, 1.82) is 0 Å². The van der Waals surface area contributed by atoms with Crippen molar-refractivity contribution < 1.29 is 24.2 Å². The van der Waals surface area contributed by atoms with E-state index in [9.17, 15) is 14.7 Å². The van der Waals surface area contributed by atoms with Gasteiger partial charge in [0, 0.05) is 6.61 Å². The van der Waals surface area contributed by atoms with Gasteiger partial charge in [0.25, 0.3) is 0 Å². The van der Waals surface area contributed by atoms with Gasteiger partial charge < -0.3 is 14.6 Å². The summed E-state index contributed by atoms with van der Waals surface area (Å²) in [5, 5.41) is 9.41. The van der Waals surface area contributed by atoms with E-state index < -0.39 is 22.8 Å². The van der Waals surface area contributed by atoms with E-state index in [4.69, 9.17) is 9.47 Å². The maximum Gasteiger partial charge on any atom is 0.323 e. The molecule has 104 valence electrons. The minimum atomic E-state index is -1.33. The molecular weight excluding hydrogens is 236 g/mol. The highest BCUT2D eigenvalue weighted by molar-refractivity contribution is 6.01. The molecule has 0 aromatic carbocycles. The van der Waals surface area contributed by atoms with Crippen molar-refractivity contribution in [2.75, 3.05) is 20.8 Å². The number of methoxy groups -OCH3 is 2. The standard InChI is InChI=1S/C13H22O5/c1-8-9(7-14)6-13(10(15)17-4,11(16)18-5)12(8,2)3/h8-9,14H,6-7H2,1-5H3/t8-,9-/m1/s1. The van der Waals surface area contributed by atoms with Crippen LogP contribution in [0.3, 0.4) is 0 Å². The Balaban J connectivity index is 3.35. The molecule has 0 unspecified atom stereocenters. The van der Waals surface area contributed by atoms with Gasteiger partial charge in [0.2, 0.25) is 0 Å². The number of aliphatic hydroxyl groups is 1. The SMILES string of the molecule is COC(=O)C1(C(=O)OC)C[C@H](CO)[C@@H](C)C1(C)C. The highest BCUT2D eigenvalue weighted by atomic mass is 16.5. The molecule has 0 bridgehead atoms. The van der Waals surface area contributed by atoms with E-state index in [2.05, 4.69) is 0 Å². The van der Waals surface area contributed by atoms with Crippen LogP contribution in [0.25, 0.3) is 0 Å². The maximum atomic E-state index is 12.2. The van der Waals surface area contributed by atoms with E-state index in [0.29, 0.717) is 0 Å². The smallest absolute Gasteiger partial charge is 0.323 e. The molecule has 5 nitrogen and oxygen atoms in total. The van der Waals surface area contributed by atoms with Crippen molar-refractivity contribution in [1.82, 2.24) is 0 Å². The number of carbonyl (C=O) groups is 2. The summed E-state index contributed by atoms with van der Waals surface area (Å²) in [7, 11) is 2.53. The minimum absolute atomic E-state index is 0.0145. The average molecular weight is 258 g/mol. The molecule has 0 aromatic rings. The van der Waals surface area contributed by atoms with Crippen LogP contribution in [0.15, 0.2) is 0 Å². The van der Waals surface area contributed by atoms with Crippen molar-refractivity contribution in [2.24, 2.45) is 22.7 Å². The van der Waals surface area contributed by atoms with Gasteiger partial charge in [0.05, 0.1) is 14.2 Å². The Hall–Kier alpha value is -1.10. The van der Waals surface area contributed by atoms with Crippen LogP contribution < -0.4 is 0 Å². The lowest BCUT2D eigenvalue weighted by atomic mass is 9.64. The van der Waals surface area contributed by atoms with E-state index in [-0.39, 0.29) is 24.9 Å². The number of aliphatic hydroxyl groups excluding tert-OH is 1. The minimum Gasteiger partial charge on any atom is -0.468 e. The van der Waals surface area contributed by atoms with Gasteiger partial charge in [-0.15, -0.1) is 0 Å². The third-order valence-electron chi connectivity index (χ3n) is 4.82. The molecule has 2 atom stereocenters. The van der Waals surface area contributed by atoms with Gasteiger partial charge >= 0.3 is 11.9 Å². The maximum absolute atomic E-state index is 12.2. The molecule has 0 saturated heterocycles. The predicted octanol–water partition coefficient (Wildman–Crippen LogP) is 0.993. The Labute approximate surface area is 107 Å². The quantitative estimate of drug-likeness (QED) is 0.604. The summed E-state index contributed by atoms with van der Waals surface area (Å²) in [5.41, 5.74) is -1.95. The zero-order valence-electron chi connectivity index (χ0n) is 11.6. The molecule has 5 heteroatoms. The number of esters is 2. The van der Waals surface area contributed by atoms with Gasteiger partial charge in [0.1, 0.15) is 0 Å². The van der Waals surface area contributed by atoms with E-state index in [0.717, 1.165) is 0 Å². The molecule has 0 spiro atoms. The summed E-state index contributed by atoms with van der Waals surface area (Å²) in [6, 6.07) is 0. The van der Waals surface area contributed by atoms with Crippen molar-refractivity contribution >= 4 is 11.9 Å². The van der Waals surface area contributed by atoms with Crippen molar-refractivity contribution in [3.05, 3.63) is 0 Å². The zero-order valence-corrected chi connectivity index (χ0v) is 11.6. The van der Waals surface area contributed by atoms with Crippen LogP contribution in [0.1, 0.15) is 27.2 Å². The summed E-state index contributed by atoms with van der Waals surface area (Å²) in [4.78, 5) is 24.3. The van der Waals surface area contributed by atoms with Crippen LogP contribution in [-0.2, 0) is 19.1 Å². The molecule has 1 aliphatic rings. The topological polar surface area (TPSA) is 72.8 Å². The molecule has 0 heterocycles. The van der Waals surface area contributed by atoms with Crippen LogP contribution >= 0.6 is 0 Å². The Morgan fingerprint density at radius 2 is 1.67 bits per heavy atom. The molecule has 1 N–H and O–H groups in total. The van der Waals surface area contributed by atoms with Gasteiger partial charge in [0.15, 0.2) is 5.41 Å². The van der Waals surface area contributed by atoms with Gasteiger partial charge in [-0.3, -0.25) is 9.59 Å². The first kappa shape index (κ1) is 15.0. The number of hydrogen-bond donors (Lipinski definition) is 1. The molecule has 1 fully saturated rings. The van der Waals surface area contributed by atoms with Crippen LogP contribution in [0.2, 0.25) is 0 Å². The second-order valence-corrected chi connectivity index (χ2v) is 5.55. The molecule has 18 heavy (non-hydrogen) atoms. The summed E-state index contributed by atoms with van der Waals surface area (Å²) >= 11 is 0. The van der Waals surface area contributed by atoms with Gasteiger partial charge in [-0.2, -0.15) is 0 Å². The first-order valence-corrected chi connectivity index (χ1v) is 6.07. The van der Waals surface area contributed by atoms with E-state index in [1.54, 1.807) is 0 Å². The molecule has 0 amide bonds. The lowest BCUT2D eigenvalue weighted by Crippen LogP contribution is -2.50. The summed E-state index contributed by atoms with van der Waals surface area (Å²) in [6.07, 6.45) is 0.261. The Morgan fingerprint density at radius 1 is 1.22 bits per heavy atom. The van der Waals surface area contributed by atoms with Crippen LogP contribution in [0.5, 0.6) is 0 Å². The van der Waals surface area contributed by atoms with Crippen LogP contribution in [0.4, 0.5) is 0 Å². The normalized spacial score (nSPS) is 28.8. The predicted molar refractivity (Wildman–Crippen MR) is 64.6 cm³/mol. The van der Waals surface area contributed by atoms with Crippen molar-refractivity contribution in [3.8, 4) is 0 Å². The lowest BCUT2D eigenvalue weighted by molar-refractivity contribution is -0.177. The molecule has 1 saturated carbocycles. The number of rotatable bonds is 3. The first-order chi connectivity index (χ1) is 8.29. The largest absolute Gasteiger partial charge is 0.468 e. The third-order valence-corrected chi connectivity index (χ3v) is 4.82. The molecule has 0 aliphatic heterocycles. The zero-order chi connectivity index (χ0) is 14.1. The van der Waals surface area contributed by atoms with Gasteiger partial charge in [-0.1, -0.05) is 20.8 Å². The van der Waals surface area contributed by atoms with E-state index in [1.807, 2.05) is 20.8 Å². The number of ether oxygens (including phenoxy) is 2. The first-order valence-electron chi connectivity index (χ1n) is 6.07. The van der Waals surface area contributed by atoms with E-state index in [1.165, 1.54) is 14.2 Å². The number of hydrogen-bond acceptors (Lipinski definition) is 5. The van der Waals surface area contributed by atoms with Crippen LogP contribution in [0, 0.1) is 22.7 Å². The van der Waals surface area contributed by atoms with Crippen molar-refractivity contribution in [3.63, 3.8) is 0 Å².